The molecule has 5 heteroatoms. The van der Waals surface area contributed by atoms with Gasteiger partial charge in [-0.3, -0.25) is 10.1 Å². The summed E-state index contributed by atoms with van der Waals surface area (Å²) in [4.78, 5) is 12.3. The van der Waals surface area contributed by atoms with Gasteiger partial charge in [-0.15, -0.1) is 0 Å². The zero-order valence-corrected chi connectivity index (χ0v) is 16.3. The largest absolute Gasteiger partial charge is 0.332 e. The highest BCUT2D eigenvalue weighted by molar-refractivity contribution is 14.1. The highest BCUT2D eigenvalue weighted by atomic mass is 127. The summed E-state index contributed by atoms with van der Waals surface area (Å²) < 4.78 is 1.05. The molecule has 0 saturated carbocycles. The molecular formula is C18H19IN2OS. The molecule has 0 aliphatic heterocycles. The molecule has 2 rings (SSSR count). The van der Waals surface area contributed by atoms with Gasteiger partial charge in [0, 0.05) is 14.8 Å². The molecule has 0 heterocycles. The van der Waals surface area contributed by atoms with Crippen LogP contribution in [-0.2, 0) is 0 Å². The van der Waals surface area contributed by atoms with Gasteiger partial charge in [-0.05, 0) is 77.0 Å². The third-order valence-electron chi connectivity index (χ3n) is 3.49. The van der Waals surface area contributed by atoms with E-state index in [0.717, 1.165) is 20.4 Å². The molecule has 120 valence electrons. The van der Waals surface area contributed by atoms with Crippen LogP contribution in [0.3, 0.4) is 0 Å². The number of rotatable bonds is 3. The van der Waals surface area contributed by atoms with Crippen LogP contribution in [0.25, 0.3) is 0 Å². The van der Waals surface area contributed by atoms with E-state index in [-0.39, 0.29) is 5.91 Å². The fourth-order valence-electron chi connectivity index (χ4n) is 2.18. The van der Waals surface area contributed by atoms with Gasteiger partial charge in [0.25, 0.3) is 5.91 Å². The van der Waals surface area contributed by atoms with Gasteiger partial charge in [0.05, 0.1) is 0 Å². The van der Waals surface area contributed by atoms with Gasteiger partial charge in [-0.25, -0.2) is 0 Å². The third kappa shape index (κ3) is 4.75. The van der Waals surface area contributed by atoms with E-state index in [0.29, 0.717) is 16.6 Å². The second-order valence-corrected chi connectivity index (χ2v) is 7.18. The maximum atomic E-state index is 12.3. The predicted octanol–water partition coefficient (Wildman–Crippen LogP) is 4.85. The fourth-order valence-corrected chi connectivity index (χ4v) is 2.90. The van der Waals surface area contributed by atoms with E-state index in [2.05, 4.69) is 53.1 Å². The molecule has 0 radical (unpaired) electrons. The summed E-state index contributed by atoms with van der Waals surface area (Å²) >= 11 is 7.49. The Hall–Kier alpha value is -1.47. The topological polar surface area (TPSA) is 41.1 Å². The van der Waals surface area contributed by atoms with Crippen LogP contribution in [0.2, 0.25) is 0 Å². The van der Waals surface area contributed by atoms with Crippen LogP contribution in [0.4, 0.5) is 5.69 Å². The Kier molecular flexibility index (Phi) is 6.12. The SMILES string of the molecule is Cc1ccc(C(=O)NC(=S)Nc2ccccc2C(C)C)cc1I. The highest BCUT2D eigenvalue weighted by Gasteiger charge is 2.11. The molecule has 0 spiro atoms. The summed E-state index contributed by atoms with van der Waals surface area (Å²) in [6, 6.07) is 13.5. The van der Waals surface area contributed by atoms with Crippen molar-refractivity contribution < 1.29 is 4.79 Å². The number of nitrogens with one attached hydrogen (secondary N) is 2. The van der Waals surface area contributed by atoms with E-state index < -0.39 is 0 Å². The van der Waals surface area contributed by atoms with Gasteiger partial charge < -0.3 is 5.32 Å². The molecule has 2 aromatic carbocycles. The second-order valence-electron chi connectivity index (χ2n) is 5.61. The van der Waals surface area contributed by atoms with Crippen molar-refractivity contribution in [1.29, 1.82) is 0 Å². The Morgan fingerprint density at radius 1 is 1.17 bits per heavy atom. The van der Waals surface area contributed by atoms with Crippen molar-refractivity contribution in [3.8, 4) is 0 Å². The van der Waals surface area contributed by atoms with Crippen LogP contribution in [0.5, 0.6) is 0 Å². The second kappa shape index (κ2) is 7.88. The molecule has 0 atom stereocenters. The summed E-state index contributed by atoms with van der Waals surface area (Å²) in [6.07, 6.45) is 0. The van der Waals surface area contributed by atoms with Crippen molar-refractivity contribution in [3.63, 3.8) is 0 Å². The molecule has 3 nitrogen and oxygen atoms in total. The summed E-state index contributed by atoms with van der Waals surface area (Å²) in [5.74, 6) is 0.165. The van der Waals surface area contributed by atoms with Gasteiger partial charge in [0.1, 0.15) is 0 Å². The lowest BCUT2D eigenvalue weighted by molar-refractivity contribution is 0.0977. The van der Waals surface area contributed by atoms with Crippen LogP contribution >= 0.6 is 34.8 Å². The molecule has 0 aliphatic carbocycles. The van der Waals surface area contributed by atoms with Crippen LogP contribution in [0.15, 0.2) is 42.5 Å². The summed E-state index contributed by atoms with van der Waals surface area (Å²) in [5.41, 5.74) is 3.83. The summed E-state index contributed by atoms with van der Waals surface area (Å²) in [6.45, 7) is 6.26. The number of halogens is 1. The minimum Gasteiger partial charge on any atom is -0.332 e. The van der Waals surface area contributed by atoms with Gasteiger partial charge in [0.15, 0.2) is 5.11 Å². The minimum atomic E-state index is -0.206. The van der Waals surface area contributed by atoms with Crippen molar-refractivity contribution in [2.75, 3.05) is 5.32 Å². The number of amides is 1. The molecule has 2 N–H and O–H groups in total. The van der Waals surface area contributed by atoms with Gasteiger partial charge in [0.2, 0.25) is 0 Å². The molecule has 1 amide bonds. The van der Waals surface area contributed by atoms with E-state index in [4.69, 9.17) is 12.2 Å². The number of benzene rings is 2. The van der Waals surface area contributed by atoms with Gasteiger partial charge in [-0.2, -0.15) is 0 Å². The van der Waals surface area contributed by atoms with Crippen LogP contribution < -0.4 is 10.6 Å². The standard InChI is InChI=1S/C18H19IN2OS/c1-11(2)14-6-4-5-7-16(14)20-18(23)21-17(22)13-9-8-12(3)15(19)10-13/h4-11H,1-3H3,(H2,20,21,22,23). The normalized spacial score (nSPS) is 10.5. The van der Waals surface area contributed by atoms with Crippen LogP contribution in [0, 0.1) is 10.5 Å². The first-order chi connectivity index (χ1) is 10.9. The number of aryl methyl sites for hydroxylation is 1. The Bertz CT molecular complexity index is 744. The Morgan fingerprint density at radius 2 is 1.87 bits per heavy atom. The number of anilines is 1. The number of carbonyl (C=O) groups excluding carboxylic acids is 1. The third-order valence-corrected chi connectivity index (χ3v) is 4.86. The minimum absolute atomic E-state index is 0.206. The first-order valence-electron chi connectivity index (χ1n) is 7.36. The quantitative estimate of drug-likeness (QED) is 0.532. The van der Waals surface area contributed by atoms with E-state index in [1.54, 1.807) is 6.07 Å². The molecular weight excluding hydrogens is 419 g/mol. The lowest BCUT2D eigenvalue weighted by atomic mass is 10.0. The molecule has 0 saturated heterocycles. The van der Waals surface area contributed by atoms with Crippen LogP contribution in [-0.4, -0.2) is 11.0 Å². The Balaban J connectivity index is 2.07. The van der Waals surface area contributed by atoms with Crippen LogP contribution in [0.1, 0.15) is 41.3 Å². The molecule has 0 fully saturated rings. The molecule has 0 aliphatic rings. The summed E-state index contributed by atoms with van der Waals surface area (Å²) in [5, 5.41) is 6.16. The van der Waals surface area contributed by atoms with Gasteiger partial charge >= 0.3 is 0 Å². The molecule has 0 bridgehead atoms. The lowest BCUT2D eigenvalue weighted by Crippen LogP contribution is -2.34. The summed E-state index contributed by atoms with van der Waals surface area (Å²) in [7, 11) is 0. The maximum Gasteiger partial charge on any atom is 0.257 e. The first-order valence-corrected chi connectivity index (χ1v) is 8.84. The van der Waals surface area contributed by atoms with E-state index >= 15 is 0 Å². The van der Waals surface area contributed by atoms with Gasteiger partial charge in [-0.1, -0.05) is 38.1 Å². The number of carbonyl (C=O) groups is 1. The zero-order chi connectivity index (χ0) is 17.0. The average Bonchev–Trinajstić information content (AvgIpc) is 2.50. The van der Waals surface area contributed by atoms with E-state index in [9.17, 15) is 4.79 Å². The fraction of sp³-hybridized carbons (Fsp3) is 0.222. The maximum absolute atomic E-state index is 12.3. The number of thiocarbonyl (C=S) groups is 1. The number of para-hydroxylation sites is 1. The van der Waals surface area contributed by atoms with Crippen molar-refractivity contribution in [1.82, 2.24) is 5.32 Å². The van der Waals surface area contributed by atoms with Crippen molar-refractivity contribution >= 4 is 51.5 Å². The molecule has 2 aromatic rings. The monoisotopic (exact) mass is 438 g/mol. The smallest absolute Gasteiger partial charge is 0.257 e. The number of hydrogen-bond donors (Lipinski definition) is 2. The number of hydrogen-bond acceptors (Lipinski definition) is 2. The molecule has 23 heavy (non-hydrogen) atoms. The molecule has 0 unspecified atom stereocenters. The Labute approximate surface area is 156 Å². The Morgan fingerprint density at radius 3 is 2.52 bits per heavy atom. The van der Waals surface area contributed by atoms with Crippen molar-refractivity contribution in [3.05, 3.63) is 62.7 Å². The predicted molar refractivity (Wildman–Crippen MR) is 108 cm³/mol. The van der Waals surface area contributed by atoms with Crippen molar-refractivity contribution in [2.45, 2.75) is 26.7 Å². The van der Waals surface area contributed by atoms with Crippen molar-refractivity contribution in [2.24, 2.45) is 0 Å². The van der Waals surface area contributed by atoms with E-state index in [1.165, 1.54) is 0 Å². The lowest BCUT2D eigenvalue weighted by Gasteiger charge is -2.15. The first kappa shape index (κ1) is 17.9. The molecule has 0 aromatic heterocycles. The zero-order valence-electron chi connectivity index (χ0n) is 13.3. The van der Waals surface area contributed by atoms with E-state index in [1.807, 2.05) is 37.3 Å². The average molecular weight is 438 g/mol. The highest BCUT2D eigenvalue weighted by Crippen LogP contribution is 2.23.